The molecular formula is C11H20N3O+. The first-order chi connectivity index (χ1) is 7.27. The molecule has 0 radical (unpaired) electrons. The predicted octanol–water partition coefficient (Wildman–Crippen LogP) is -0.0363. The zero-order valence-corrected chi connectivity index (χ0v) is 9.24. The van der Waals surface area contributed by atoms with Crippen LogP contribution in [-0.2, 0) is 4.79 Å². The summed E-state index contributed by atoms with van der Waals surface area (Å²) in [5, 5.41) is 3.44. The highest BCUT2D eigenvalue weighted by Gasteiger charge is 2.41. The van der Waals surface area contributed by atoms with E-state index in [-0.39, 0.29) is 0 Å². The van der Waals surface area contributed by atoms with Crippen LogP contribution in [0.5, 0.6) is 0 Å². The van der Waals surface area contributed by atoms with Gasteiger partial charge in [0.25, 0.3) is 0 Å². The molecule has 1 aliphatic carbocycles. The third-order valence-corrected chi connectivity index (χ3v) is 3.91. The lowest BCUT2D eigenvalue weighted by molar-refractivity contribution is -0.944. The average Bonchev–Trinajstić information content (AvgIpc) is 3.00. The van der Waals surface area contributed by atoms with E-state index in [0.29, 0.717) is 11.7 Å². The Morgan fingerprint density at radius 1 is 1.47 bits per heavy atom. The minimum atomic E-state index is 0.426. The molecule has 0 amide bonds. The van der Waals surface area contributed by atoms with Crippen molar-refractivity contribution in [2.24, 2.45) is 5.92 Å². The van der Waals surface area contributed by atoms with E-state index in [1.807, 2.05) is 0 Å². The van der Waals surface area contributed by atoms with Gasteiger partial charge in [0.2, 0.25) is 0 Å². The van der Waals surface area contributed by atoms with Gasteiger partial charge in [0.05, 0.1) is 13.2 Å². The zero-order valence-electron chi connectivity index (χ0n) is 9.24. The highest BCUT2D eigenvalue weighted by atomic mass is 16.1. The van der Waals surface area contributed by atoms with Gasteiger partial charge in [-0.05, 0) is 12.8 Å². The van der Waals surface area contributed by atoms with E-state index in [4.69, 9.17) is 0 Å². The maximum absolute atomic E-state index is 11.9. The fourth-order valence-electron chi connectivity index (χ4n) is 2.95. The molecule has 2 saturated heterocycles. The van der Waals surface area contributed by atoms with Gasteiger partial charge in [-0.3, -0.25) is 14.6 Å². The summed E-state index contributed by atoms with van der Waals surface area (Å²) in [4.78, 5) is 14.3. The SMILES string of the molecule is O=C(C[N+]12CCCN(CNC1)C2)C1CC1. The minimum absolute atomic E-state index is 0.426. The van der Waals surface area contributed by atoms with E-state index in [2.05, 4.69) is 10.2 Å². The van der Waals surface area contributed by atoms with Gasteiger partial charge in [-0.25, -0.2) is 4.90 Å². The summed E-state index contributed by atoms with van der Waals surface area (Å²) in [7, 11) is 0. The second-order valence-electron chi connectivity index (χ2n) is 5.42. The maximum Gasteiger partial charge on any atom is 0.190 e. The summed E-state index contributed by atoms with van der Waals surface area (Å²) >= 11 is 0. The Hall–Kier alpha value is -0.450. The van der Waals surface area contributed by atoms with Crippen molar-refractivity contribution in [2.45, 2.75) is 19.3 Å². The van der Waals surface area contributed by atoms with Crippen LogP contribution >= 0.6 is 0 Å². The topological polar surface area (TPSA) is 32.3 Å². The first-order valence-corrected chi connectivity index (χ1v) is 6.08. The molecule has 4 heteroatoms. The molecule has 3 aliphatic rings. The number of nitrogens with zero attached hydrogens (tertiary/aromatic N) is 2. The Kier molecular flexibility index (Phi) is 2.30. The monoisotopic (exact) mass is 210 g/mol. The lowest BCUT2D eigenvalue weighted by atomic mass is 10.1. The van der Waals surface area contributed by atoms with Crippen molar-refractivity contribution in [3.8, 4) is 0 Å². The van der Waals surface area contributed by atoms with E-state index in [1.165, 1.54) is 19.5 Å². The van der Waals surface area contributed by atoms with Crippen molar-refractivity contribution >= 4 is 5.78 Å². The van der Waals surface area contributed by atoms with Crippen LogP contribution in [-0.4, -0.2) is 54.8 Å². The van der Waals surface area contributed by atoms with Crippen molar-refractivity contribution in [1.82, 2.24) is 10.2 Å². The minimum Gasteiger partial charge on any atom is -0.293 e. The number of quaternary nitrogens is 1. The summed E-state index contributed by atoms with van der Waals surface area (Å²) in [6, 6.07) is 0. The van der Waals surface area contributed by atoms with Crippen LogP contribution in [0.3, 0.4) is 0 Å². The quantitative estimate of drug-likeness (QED) is 0.664. The van der Waals surface area contributed by atoms with Crippen molar-refractivity contribution in [1.29, 1.82) is 0 Å². The number of carbonyl (C=O) groups excluding carboxylic acids is 1. The van der Waals surface area contributed by atoms with Gasteiger partial charge in [0.1, 0.15) is 19.9 Å². The highest BCUT2D eigenvalue weighted by molar-refractivity contribution is 5.84. The van der Waals surface area contributed by atoms with Gasteiger partial charge in [-0.2, -0.15) is 0 Å². The van der Waals surface area contributed by atoms with Crippen molar-refractivity contribution in [3.05, 3.63) is 0 Å². The van der Waals surface area contributed by atoms with Crippen LogP contribution in [0.1, 0.15) is 19.3 Å². The second-order valence-corrected chi connectivity index (χ2v) is 5.42. The summed E-state index contributed by atoms with van der Waals surface area (Å²) in [5.41, 5.74) is 0. The highest BCUT2D eigenvalue weighted by Crippen LogP contribution is 2.31. The molecule has 0 aromatic heterocycles. The summed E-state index contributed by atoms with van der Waals surface area (Å²) in [5.74, 6) is 0.940. The molecule has 2 unspecified atom stereocenters. The Bertz CT molecular complexity index is 265. The third-order valence-electron chi connectivity index (χ3n) is 3.91. The summed E-state index contributed by atoms with van der Waals surface area (Å²) in [6.45, 7) is 6.25. The Labute approximate surface area is 90.8 Å². The lowest BCUT2D eigenvalue weighted by Crippen LogP contribution is -2.69. The molecule has 3 rings (SSSR count). The molecule has 2 bridgehead atoms. The largest absolute Gasteiger partial charge is 0.293 e. The molecule has 2 heterocycles. The van der Waals surface area contributed by atoms with Crippen LogP contribution in [0.25, 0.3) is 0 Å². The van der Waals surface area contributed by atoms with Crippen LogP contribution in [0, 0.1) is 5.92 Å². The molecule has 0 spiro atoms. The standard InChI is InChI=1S/C11H20N3O/c15-11(10-2-3-10)6-14-5-1-4-13(9-14)7-12-8-14/h10,12H,1-9H2/q+1. The number of fused-ring (bicyclic) bond motifs is 2. The molecule has 0 aromatic carbocycles. The molecule has 2 atom stereocenters. The van der Waals surface area contributed by atoms with E-state index in [0.717, 1.165) is 43.9 Å². The Morgan fingerprint density at radius 3 is 3.13 bits per heavy atom. The molecule has 15 heavy (non-hydrogen) atoms. The predicted molar refractivity (Wildman–Crippen MR) is 56.8 cm³/mol. The summed E-state index contributed by atoms with van der Waals surface area (Å²) in [6.07, 6.45) is 3.55. The van der Waals surface area contributed by atoms with Gasteiger partial charge in [0.15, 0.2) is 5.78 Å². The Balaban J connectivity index is 1.67. The van der Waals surface area contributed by atoms with Crippen molar-refractivity contribution in [3.63, 3.8) is 0 Å². The van der Waals surface area contributed by atoms with E-state index in [9.17, 15) is 4.79 Å². The van der Waals surface area contributed by atoms with Gasteiger partial charge in [-0.1, -0.05) is 0 Å². The molecule has 3 fully saturated rings. The lowest BCUT2D eigenvalue weighted by Gasteiger charge is -2.49. The second kappa shape index (κ2) is 3.54. The number of hydrogen-bond acceptors (Lipinski definition) is 3. The van der Waals surface area contributed by atoms with Crippen LogP contribution in [0.15, 0.2) is 0 Å². The number of Topliss-reactive ketones (excluding diaryl/α,β-unsaturated/α-hetero) is 1. The fourth-order valence-corrected chi connectivity index (χ4v) is 2.95. The van der Waals surface area contributed by atoms with E-state index in [1.54, 1.807) is 0 Å². The molecule has 1 N–H and O–H groups in total. The summed E-state index contributed by atoms with van der Waals surface area (Å²) < 4.78 is 0.981. The smallest absolute Gasteiger partial charge is 0.190 e. The molecule has 84 valence electrons. The van der Waals surface area contributed by atoms with Crippen molar-refractivity contribution < 1.29 is 9.28 Å². The number of carbonyl (C=O) groups is 1. The molecule has 1 saturated carbocycles. The number of nitrogens with one attached hydrogen (secondary N) is 1. The number of hydrogen-bond donors (Lipinski definition) is 1. The van der Waals surface area contributed by atoms with Crippen LogP contribution in [0.2, 0.25) is 0 Å². The van der Waals surface area contributed by atoms with Gasteiger partial charge < -0.3 is 0 Å². The van der Waals surface area contributed by atoms with E-state index >= 15 is 0 Å². The molecule has 2 aliphatic heterocycles. The zero-order chi connectivity index (χ0) is 10.3. The third kappa shape index (κ3) is 1.94. The number of rotatable bonds is 3. The molecular weight excluding hydrogens is 190 g/mol. The van der Waals surface area contributed by atoms with E-state index < -0.39 is 0 Å². The Morgan fingerprint density at radius 2 is 2.33 bits per heavy atom. The van der Waals surface area contributed by atoms with Gasteiger partial charge >= 0.3 is 0 Å². The normalized spacial score (nSPS) is 40.1. The van der Waals surface area contributed by atoms with Crippen LogP contribution < -0.4 is 5.32 Å². The van der Waals surface area contributed by atoms with Crippen molar-refractivity contribution in [2.75, 3.05) is 39.6 Å². The average molecular weight is 210 g/mol. The van der Waals surface area contributed by atoms with Gasteiger partial charge in [-0.15, -0.1) is 0 Å². The van der Waals surface area contributed by atoms with Gasteiger partial charge in [0, 0.05) is 18.9 Å². The number of ketones is 1. The molecule has 0 aromatic rings. The molecule has 4 nitrogen and oxygen atoms in total. The first-order valence-electron chi connectivity index (χ1n) is 6.08. The fraction of sp³-hybridized carbons (Fsp3) is 0.909. The maximum atomic E-state index is 11.9. The first kappa shape index (κ1) is 9.75. The van der Waals surface area contributed by atoms with Crippen LogP contribution in [0.4, 0.5) is 0 Å².